The Kier molecular flexibility index (Phi) is 5.87. The molecule has 36 heavy (non-hydrogen) atoms. The van der Waals surface area contributed by atoms with E-state index in [0.29, 0.717) is 18.6 Å². The van der Waals surface area contributed by atoms with E-state index in [2.05, 4.69) is 41.4 Å². The molecule has 2 aliphatic rings. The molecule has 1 unspecified atom stereocenters. The van der Waals surface area contributed by atoms with Gasteiger partial charge in [-0.05, 0) is 94.0 Å². The summed E-state index contributed by atoms with van der Waals surface area (Å²) >= 11 is 0. The van der Waals surface area contributed by atoms with E-state index in [-0.39, 0.29) is 11.9 Å². The number of halogens is 1. The monoisotopic (exact) mass is 487 g/mol. The summed E-state index contributed by atoms with van der Waals surface area (Å²) < 4.78 is 29.0. The molecule has 0 spiro atoms. The van der Waals surface area contributed by atoms with Gasteiger partial charge in [-0.3, -0.25) is 9.88 Å². The Labute approximate surface area is 211 Å². The van der Waals surface area contributed by atoms with E-state index < -0.39 is 0 Å². The van der Waals surface area contributed by atoms with Gasteiger partial charge < -0.3 is 14.0 Å². The van der Waals surface area contributed by atoms with Crippen molar-refractivity contribution in [2.24, 2.45) is 13.0 Å². The molecule has 0 bridgehead atoms. The molecule has 1 aliphatic carbocycles. The van der Waals surface area contributed by atoms with E-state index >= 15 is 0 Å². The van der Waals surface area contributed by atoms with Gasteiger partial charge in [-0.15, -0.1) is 0 Å². The second-order valence-corrected chi connectivity index (χ2v) is 10.8. The summed E-state index contributed by atoms with van der Waals surface area (Å²) in [6.45, 7) is 8.84. The molecule has 188 valence electrons. The smallest absolute Gasteiger partial charge is 0.171 e. The lowest BCUT2D eigenvalue weighted by Gasteiger charge is -2.36. The van der Waals surface area contributed by atoms with Crippen LogP contribution in [-0.2, 0) is 19.9 Å². The van der Waals surface area contributed by atoms with Crippen molar-refractivity contribution in [3.05, 3.63) is 65.2 Å². The van der Waals surface area contributed by atoms with Crippen molar-refractivity contribution < 1.29 is 13.9 Å². The summed E-state index contributed by atoms with van der Waals surface area (Å²) in [5, 5.41) is 2.08. The number of fused-ring (bicyclic) bond motifs is 6. The lowest BCUT2D eigenvalue weighted by molar-refractivity contribution is 0.0444. The Morgan fingerprint density at radius 2 is 1.97 bits per heavy atom. The second-order valence-electron chi connectivity index (χ2n) is 10.8. The SMILES string of the molecule is Cc1ccc2c3c(ccc2n1)OC[C@H](CN(CC1CCc2c(c4cc(F)ccc4n2C)C1)C(C)C)O3. The van der Waals surface area contributed by atoms with Crippen LogP contribution in [0.1, 0.15) is 37.2 Å². The third-order valence-corrected chi connectivity index (χ3v) is 7.98. The van der Waals surface area contributed by atoms with Crippen molar-refractivity contribution in [2.75, 3.05) is 19.7 Å². The highest BCUT2D eigenvalue weighted by Crippen LogP contribution is 2.39. The van der Waals surface area contributed by atoms with Gasteiger partial charge in [0.05, 0.1) is 5.52 Å². The van der Waals surface area contributed by atoms with Gasteiger partial charge in [-0.2, -0.15) is 0 Å². The third kappa shape index (κ3) is 4.11. The first-order valence-electron chi connectivity index (χ1n) is 13.1. The van der Waals surface area contributed by atoms with E-state index in [1.165, 1.54) is 11.3 Å². The zero-order valence-corrected chi connectivity index (χ0v) is 21.6. The number of hydrogen-bond acceptors (Lipinski definition) is 4. The number of benzene rings is 2. The molecule has 2 aromatic carbocycles. The second kappa shape index (κ2) is 9.07. The highest BCUT2D eigenvalue weighted by atomic mass is 19.1. The summed E-state index contributed by atoms with van der Waals surface area (Å²) in [4.78, 5) is 7.17. The summed E-state index contributed by atoms with van der Waals surface area (Å²) in [7, 11) is 2.11. The summed E-state index contributed by atoms with van der Waals surface area (Å²) in [6.07, 6.45) is 3.12. The van der Waals surface area contributed by atoms with Gasteiger partial charge in [0.1, 0.15) is 18.5 Å². The van der Waals surface area contributed by atoms with Crippen molar-refractivity contribution in [1.29, 1.82) is 0 Å². The van der Waals surface area contributed by atoms with Crippen molar-refractivity contribution in [3.63, 3.8) is 0 Å². The lowest BCUT2D eigenvalue weighted by Crippen LogP contribution is -2.46. The summed E-state index contributed by atoms with van der Waals surface area (Å²) in [5.74, 6) is 1.97. The molecule has 5 nitrogen and oxygen atoms in total. The van der Waals surface area contributed by atoms with Crippen LogP contribution in [0.15, 0.2) is 42.5 Å². The van der Waals surface area contributed by atoms with E-state index in [9.17, 15) is 4.39 Å². The fourth-order valence-electron chi connectivity index (χ4n) is 6.04. The zero-order valence-electron chi connectivity index (χ0n) is 21.6. The topological polar surface area (TPSA) is 39.5 Å². The van der Waals surface area contributed by atoms with Gasteiger partial charge in [-0.1, -0.05) is 0 Å². The molecule has 2 atom stereocenters. The van der Waals surface area contributed by atoms with Gasteiger partial charge in [0.25, 0.3) is 0 Å². The van der Waals surface area contributed by atoms with Gasteiger partial charge in [0.2, 0.25) is 0 Å². The van der Waals surface area contributed by atoms with Gasteiger partial charge >= 0.3 is 0 Å². The van der Waals surface area contributed by atoms with Crippen LogP contribution in [0.2, 0.25) is 0 Å². The average molecular weight is 488 g/mol. The standard InChI is InChI=1S/C30H34FN3O2/c1-18(2)34(15-20-6-10-27-24(13-20)25-14-21(31)7-11-28(25)33(27)4)16-22-17-35-29-12-9-26-23(30(29)36-22)8-5-19(3)32-26/h5,7-9,11-12,14,18,20,22H,6,10,13,15-17H2,1-4H3/t20?,22-/m0/s1. The Bertz CT molecular complexity index is 1440. The van der Waals surface area contributed by atoms with Crippen molar-refractivity contribution >= 4 is 21.8 Å². The Morgan fingerprint density at radius 3 is 2.81 bits per heavy atom. The van der Waals surface area contributed by atoms with Crippen LogP contribution in [0, 0.1) is 18.7 Å². The maximum absolute atomic E-state index is 14.1. The molecule has 0 N–H and O–H groups in total. The normalized spacial score (nSPS) is 19.4. The Hall–Kier alpha value is -3.12. The highest BCUT2D eigenvalue weighted by molar-refractivity contribution is 5.88. The predicted molar refractivity (Wildman–Crippen MR) is 141 cm³/mol. The van der Waals surface area contributed by atoms with Crippen LogP contribution in [0.3, 0.4) is 0 Å². The van der Waals surface area contributed by atoms with Gasteiger partial charge in [0, 0.05) is 53.9 Å². The van der Waals surface area contributed by atoms with Crippen LogP contribution in [0.4, 0.5) is 4.39 Å². The molecule has 2 aromatic heterocycles. The summed E-state index contributed by atoms with van der Waals surface area (Å²) in [6, 6.07) is 13.6. The van der Waals surface area contributed by atoms with E-state index in [0.717, 1.165) is 71.4 Å². The van der Waals surface area contributed by atoms with Gasteiger partial charge in [0.15, 0.2) is 11.5 Å². The molecule has 1 aliphatic heterocycles. The number of aryl methyl sites for hydroxylation is 2. The van der Waals surface area contributed by atoms with Crippen LogP contribution >= 0.6 is 0 Å². The maximum Gasteiger partial charge on any atom is 0.171 e. The molecule has 0 saturated carbocycles. The number of aromatic nitrogens is 2. The first-order chi connectivity index (χ1) is 17.4. The predicted octanol–water partition coefficient (Wildman–Crippen LogP) is 5.83. The minimum Gasteiger partial charge on any atom is -0.486 e. The van der Waals surface area contributed by atoms with Crippen LogP contribution in [0.5, 0.6) is 11.5 Å². The minimum atomic E-state index is -0.158. The fraction of sp³-hybridized carbons (Fsp3) is 0.433. The Balaban J connectivity index is 1.20. The first kappa shape index (κ1) is 23.3. The van der Waals surface area contributed by atoms with Crippen LogP contribution < -0.4 is 9.47 Å². The molecular formula is C30H34FN3O2. The highest BCUT2D eigenvalue weighted by Gasteiger charge is 2.30. The van der Waals surface area contributed by atoms with E-state index in [1.807, 2.05) is 31.2 Å². The molecule has 4 aromatic rings. The molecule has 0 fully saturated rings. The van der Waals surface area contributed by atoms with Crippen molar-refractivity contribution in [3.8, 4) is 11.5 Å². The van der Waals surface area contributed by atoms with Crippen LogP contribution in [-0.4, -0.2) is 46.3 Å². The quantitative estimate of drug-likeness (QED) is 0.355. The molecule has 0 amide bonds. The van der Waals surface area contributed by atoms with Crippen molar-refractivity contribution in [2.45, 2.75) is 52.2 Å². The molecule has 6 heteroatoms. The minimum absolute atomic E-state index is 0.0439. The van der Waals surface area contributed by atoms with Crippen LogP contribution in [0.25, 0.3) is 21.8 Å². The number of hydrogen-bond donors (Lipinski definition) is 0. The third-order valence-electron chi connectivity index (χ3n) is 7.98. The largest absolute Gasteiger partial charge is 0.486 e. The lowest BCUT2D eigenvalue weighted by atomic mass is 9.85. The fourth-order valence-corrected chi connectivity index (χ4v) is 6.04. The number of nitrogens with zero attached hydrogens (tertiary/aromatic N) is 3. The summed E-state index contributed by atoms with van der Waals surface area (Å²) in [5.41, 5.74) is 5.74. The number of rotatable bonds is 5. The number of pyridine rings is 1. The first-order valence-corrected chi connectivity index (χ1v) is 13.1. The zero-order chi connectivity index (χ0) is 25.0. The molecule has 3 heterocycles. The molecule has 0 radical (unpaired) electrons. The van der Waals surface area contributed by atoms with Gasteiger partial charge in [-0.25, -0.2) is 4.39 Å². The number of ether oxygens (including phenoxy) is 2. The maximum atomic E-state index is 14.1. The van der Waals surface area contributed by atoms with E-state index in [1.54, 1.807) is 12.1 Å². The molecule has 6 rings (SSSR count). The average Bonchev–Trinajstić information content (AvgIpc) is 3.13. The molecular weight excluding hydrogens is 453 g/mol. The van der Waals surface area contributed by atoms with E-state index in [4.69, 9.17) is 9.47 Å². The Morgan fingerprint density at radius 1 is 1.11 bits per heavy atom. The molecule has 0 saturated heterocycles. The van der Waals surface area contributed by atoms with Crippen molar-refractivity contribution in [1.82, 2.24) is 14.5 Å².